The number of nitrogens with zero attached hydrogens (tertiary/aromatic N) is 2. The average molecular weight is 354 g/mol. The van der Waals surface area contributed by atoms with Gasteiger partial charge in [0.1, 0.15) is 5.75 Å². The second kappa shape index (κ2) is 8.34. The van der Waals surface area contributed by atoms with Crippen LogP contribution in [-0.4, -0.2) is 34.4 Å². The van der Waals surface area contributed by atoms with Crippen molar-refractivity contribution in [2.45, 2.75) is 12.1 Å². The molecule has 0 saturated heterocycles. The lowest BCUT2D eigenvalue weighted by Gasteiger charge is -2.02. The summed E-state index contributed by atoms with van der Waals surface area (Å²) in [6, 6.07) is 15.2. The maximum absolute atomic E-state index is 11.9. The van der Waals surface area contributed by atoms with Gasteiger partial charge in [-0.1, -0.05) is 23.9 Å². The van der Waals surface area contributed by atoms with Crippen molar-refractivity contribution in [2.24, 2.45) is 5.10 Å². The molecule has 2 N–H and O–H groups in total. The van der Waals surface area contributed by atoms with E-state index < -0.39 is 0 Å². The first-order chi connectivity index (χ1) is 12.2. The van der Waals surface area contributed by atoms with Crippen molar-refractivity contribution in [2.75, 3.05) is 12.4 Å². The highest BCUT2D eigenvalue weighted by molar-refractivity contribution is 7.99. The normalized spacial score (nSPS) is 11.1. The number of rotatable bonds is 7. The molecule has 0 aliphatic rings. The van der Waals surface area contributed by atoms with E-state index in [1.807, 2.05) is 55.5 Å². The lowest BCUT2D eigenvalue weighted by atomic mass is 10.2. The number of aromatic nitrogens is 2. The first-order valence-corrected chi connectivity index (χ1v) is 8.85. The molecule has 0 bridgehead atoms. The zero-order valence-electron chi connectivity index (χ0n) is 13.7. The second-order valence-corrected chi connectivity index (χ2v) is 6.11. The molecule has 1 amide bonds. The van der Waals surface area contributed by atoms with Crippen molar-refractivity contribution < 1.29 is 9.53 Å². The number of ether oxygens (including phenoxy) is 1. The summed E-state index contributed by atoms with van der Waals surface area (Å²) in [6.07, 6.45) is 1.60. The monoisotopic (exact) mass is 354 g/mol. The summed E-state index contributed by atoms with van der Waals surface area (Å²) in [5, 5.41) is 4.68. The van der Waals surface area contributed by atoms with Gasteiger partial charge in [0.25, 0.3) is 5.91 Å². The number of para-hydroxylation sites is 2. The van der Waals surface area contributed by atoms with Crippen molar-refractivity contribution in [1.82, 2.24) is 15.4 Å². The minimum absolute atomic E-state index is 0.187. The van der Waals surface area contributed by atoms with Crippen molar-refractivity contribution in [1.29, 1.82) is 0 Å². The number of H-pyrrole nitrogens is 1. The first kappa shape index (κ1) is 17.0. The zero-order valence-corrected chi connectivity index (χ0v) is 14.5. The van der Waals surface area contributed by atoms with Gasteiger partial charge in [0.2, 0.25) is 0 Å². The summed E-state index contributed by atoms with van der Waals surface area (Å²) < 4.78 is 5.37. The van der Waals surface area contributed by atoms with E-state index in [0.717, 1.165) is 22.3 Å². The molecule has 7 heteroatoms. The van der Waals surface area contributed by atoms with Gasteiger partial charge < -0.3 is 9.72 Å². The smallest absolute Gasteiger partial charge is 0.250 e. The number of carbonyl (C=O) groups excluding carboxylic acids is 1. The van der Waals surface area contributed by atoms with Crippen LogP contribution >= 0.6 is 11.8 Å². The first-order valence-electron chi connectivity index (χ1n) is 7.87. The molecule has 0 fully saturated rings. The molecule has 0 radical (unpaired) electrons. The van der Waals surface area contributed by atoms with E-state index in [1.165, 1.54) is 11.8 Å². The molecule has 2 aromatic carbocycles. The summed E-state index contributed by atoms with van der Waals surface area (Å²) in [5.74, 6) is 0.860. The van der Waals surface area contributed by atoms with Gasteiger partial charge in [0.15, 0.2) is 5.16 Å². The zero-order chi connectivity index (χ0) is 17.5. The Bertz CT molecular complexity index is 841. The average Bonchev–Trinajstić information content (AvgIpc) is 3.05. The quantitative estimate of drug-likeness (QED) is 0.388. The molecule has 1 heterocycles. The molecule has 0 unspecified atom stereocenters. The lowest BCUT2D eigenvalue weighted by molar-refractivity contribution is -0.118. The highest BCUT2D eigenvalue weighted by Crippen LogP contribution is 2.18. The van der Waals surface area contributed by atoms with Gasteiger partial charge in [-0.05, 0) is 48.9 Å². The van der Waals surface area contributed by atoms with Crippen LogP contribution < -0.4 is 10.2 Å². The molecule has 0 atom stereocenters. The Morgan fingerprint density at radius 1 is 1.28 bits per heavy atom. The fourth-order valence-corrected chi connectivity index (χ4v) is 2.84. The highest BCUT2D eigenvalue weighted by Gasteiger charge is 2.06. The van der Waals surface area contributed by atoms with Gasteiger partial charge in [0.05, 0.1) is 29.6 Å². The number of nitrogens with one attached hydrogen (secondary N) is 2. The topological polar surface area (TPSA) is 79.4 Å². The summed E-state index contributed by atoms with van der Waals surface area (Å²) >= 11 is 1.34. The maximum atomic E-state index is 11.9. The maximum Gasteiger partial charge on any atom is 0.250 e. The van der Waals surface area contributed by atoms with Crippen LogP contribution in [0.3, 0.4) is 0 Å². The Hall–Kier alpha value is -2.80. The van der Waals surface area contributed by atoms with Gasteiger partial charge in [-0.2, -0.15) is 5.10 Å². The third kappa shape index (κ3) is 4.84. The van der Waals surface area contributed by atoms with Crippen LogP contribution in [0, 0.1) is 0 Å². The Morgan fingerprint density at radius 2 is 2.08 bits per heavy atom. The van der Waals surface area contributed by atoms with Crippen molar-refractivity contribution >= 4 is 34.9 Å². The molecule has 6 nitrogen and oxygen atoms in total. The molecule has 0 saturated carbocycles. The molecular weight excluding hydrogens is 336 g/mol. The Labute approximate surface area is 149 Å². The fraction of sp³-hybridized carbons (Fsp3) is 0.167. The third-order valence-electron chi connectivity index (χ3n) is 3.30. The summed E-state index contributed by atoms with van der Waals surface area (Å²) in [6.45, 7) is 2.57. The Kier molecular flexibility index (Phi) is 5.69. The molecule has 0 aliphatic heterocycles. The predicted molar refractivity (Wildman–Crippen MR) is 100 cm³/mol. The van der Waals surface area contributed by atoms with Crippen molar-refractivity contribution in [3.8, 4) is 5.75 Å². The van der Waals surface area contributed by atoms with Gasteiger partial charge in [-0.3, -0.25) is 4.79 Å². The number of amides is 1. The molecule has 0 spiro atoms. The number of benzene rings is 2. The fourth-order valence-electron chi connectivity index (χ4n) is 2.16. The van der Waals surface area contributed by atoms with Crippen LogP contribution in [0.1, 0.15) is 12.5 Å². The van der Waals surface area contributed by atoms with E-state index >= 15 is 0 Å². The highest BCUT2D eigenvalue weighted by atomic mass is 32.2. The molecule has 3 rings (SSSR count). The number of hydrogen-bond donors (Lipinski definition) is 2. The van der Waals surface area contributed by atoms with E-state index in [2.05, 4.69) is 20.5 Å². The lowest BCUT2D eigenvalue weighted by Crippen LogP contribution is -2.19. The minimum Gasteiger partial charge on any atom is -0.494 e. The van der Waals surface area contributed by atoms with Crippen molar-refractivity contribution in [3.63, 3.8) is 0 Å². The van der Waals surface area contributed by atoms with Gasteiger partial charge >= 0.3 is 0 Å². The summed E-state index contributed by atoms with van der Waals surface area (Å²) in [7, 11) is 0. The van der Waals surface area contributed by atoms with Crippen molar-refractivity contribution in [3.05, 3.63) is 54.1 Å². The number of carbonyl (C=O) groups is 1. The van der Waals surface area contributed by atoms with Gasteiger partial charge in [-0.25, -0.2) is 10.4 Å². The second-order valence-electron chi connectivity index (χ2n) is 5.14. The molecule has 3 aromatic rings. The van der Waals surface area contributed by atoms with Crippen LogP contribution in [0.5, 0.6) is 5.75 Å². The van der Waals surface area contributed by atoms with E-state index in [0.29, 0.717) is 11.8 Å². The van der Waals surface area contributed by atoms with E-state index in [-0.39, 0.29) is 11.7 Å². The van der Waals surface area contributed by atoms with E-state index in [1.54, 1.807) is 6.21 Å². The molecule has 128 valence electrons. The van der Waals surface area contributed by atoms with Crippen LogP contribution in [0.15, 0.2) is 58.8 Å². The third-order valence-corrected chi connectivity index (χ3v) is 4.17. The number of thioether (sulfide) groups is 1. The molecule has 25 heavy (non-hydrogen) atoms. The Morgan fingerprint density at radius 3 is 2.84 bits per heavy atom. The Balaban J connectivity index is 1.47. The molecule has 1 aromatic heterocycles. The van der Waals surface area contributed by atoms with Gasteiger partial charge in [-0.15, -0.1) is 0 Å². The van der Waals surface area contributed by atoms with Crippen LogP contribution in [0.4, 0.5) is 0 Å². The number of hydrazone groups is 1. The largest absolute Gasteiger partial charge is 0.494 e. The molecular formula is C18H18N4O2S. The van der Waals surface area contributed by atoms with E-state index in [9.17, 15) is 4.79 Å². The summed E-state index contributed by atoms with van der Waals surface area (Å²) in [4.78, 5) is 19.4. The SMILES string of the molecule is CCOc1ccc(/C=N\NC(=O)CSc2nc3ccccc3[nH]2)cc1. The van der Waals surface area contributed by atoms with Crippen LogP contribution in [-0.2, 0) is 4.79 Å². The number of aromatic amines is 1. The van der Waals surface area contributed by atoms with Gasteiger partial charge in [0, 0.05) is 0 Å². The molecule has 0 aliphatic carbocycles. The minimum atomic E-state index is -0.187. The summed E-state index contributed by atoms with van der Waals surface area (Å²) in [5.41, 5.74) is 5.24. The van der Waals surface area contributed by atoms with Crippen LogP contribution in [0.2, 0.25) is 0 Å². The standard InChI is InChI=1S/C18H18N4O2S/c1-2-24-14-9-7-13(8-10-14)11-19-22-17(23)12-25-18-20-15-5-3-4-6-16(15)21-18/h3-11H,2,12H2,1H3,(H,20,21)(H,22,23)/b19-11-. The van der Waals surface area contributed by atoms with E-state index in [4.69, 9.17) is 4.74 Å². The van der Waals surface area contributed by atoms with Crippen LogP contribution in [0.25, 0.3) is 11.0 Å². The predicted octanol–water partition coefficient (Wildman–Crippen LogP) is 3.20. The number of imidazole rings is 1. The number of hydrogen-bond acceptors (Lipinski definition) is 5. The number of fused-ring (bicyclic) bond motifs is 1.